The van der Waals surface area contributed by atoms with Crippen molar-refractivity contribution in [2.75, 3.05) is 32.0 Å². The van der Waals surface area contributed by atoms with Crippen LogP contribution in [0.25, 0.3) is 0 Å². The molecule has 56 valence electrons. The predicted molar refractivity (Wildman–Crippen MR) is 40.0 cm³/mol. The van der Waals surface area contributed by atoms with E-state index >= 15 is 0 Å². The summed E-state index contributed by atoms with van der Waals surface area (Å²) in [4.78, 5) is 4.90. The van der Waals surface area contributed by atoms with Crippen LogP contribution >= 0.6 is 23.2 Å². The van der Waals surface area contributed by atoms with E-state index in [1.165, 1.54) is 0 Å². The highest BCUT2D eigenvalue weighted by atomic mass is 35.5. The molecule has 0 unspecified atom stereocenters. The fraction of sp³-hybridized carbons (Fsp3) is 1.00. The van der Waals surface area contributed by atoms with Gasteiger partial charge in [0, 0.05) is 24.8 Å². The lowest BCUT2D eigenvalue weighted by atomic mass is 10.6. The second-order valence-electron chi connectivity index (χ2n) is 1.49. The van der Waals surface area contributed by atoms with Gasteiger partial charge in [-0.3, -0.25) is 0 Å². The van der Waals surface area contributed by atoms with Crippen LogP contribution in [0.4, 0.5) is 0 Å². The van der Waals surface area contributed by atoms with Crippen LogP contribution in [0.5, 0.6) is 0 Å². The summed E-state index contributed by atoms with van der Waals surface area (Å²) in [6.07, 6.45) is 0. The van der Waals surface area contributed by atoms with Crippen molar-refractivity contribution in [1.82, 2.24) is 5.06 Å². The maximum Gasteiger partial charge on any atom is 0.0575 e. The minimum absolute atomic E-state index is 0.574. The lowest BCUT2D eigenvalue weighted by molar-refractivity contribution is -0.122. The summed E-state index contributed by atoms with van der Waals surface area (Å²) in [6, 6.07) is 0. The minimum Gasteiger partial charge on any atom is -0.302 e. The van der Waals surface area contributed by atoms with Crippen LogP contribution in [0.15, 0.2) is 0 Å². The molecule has 0 aromatic rings. The van der Waals surface area contributed by atoms with E-state index < -0.39 is 0 Å². The van der Waals surface area contributed by atoms with Crippen LogP contribution in [0.1, 0.15) is 0 Å². The van der Waals surface area contributed by atoms with E-state index in [9.17, 15) is 0 Å². The van der Waals surface area contributed by atoms with Gasteiger partial charge in [-0.2, -0.15) is 5.06 Å². The maximum absolute atomic E-state index is 5.45. The number of hydrogen-bond acceptors (Lipinski definition) is 2. The summed E-state index contributed by atoms with van der Waals surface area (Å²) < 4.78 is 0. The molecule has 0 spiro atoms. The van der Waals surface area contributed by atoms with E-state index in [2.05, 4.69) is 0 Å². The normalized spacial score (nSPS) is 10.7. The largest absolute Gasteiger partial charge is 0.302 e. The first-order chi connectivity index (χ1) is 4.35. The molecule has 2 nitrogen and oxygen atoms in total. The Balaban J connectivity index is 3.18. The predicted octanol–water partition coefficient (Wildman–Crippen LogP) is 1.33. The summed E-state index contributed by atoms with van der Waals surface area (Å²) in [5.74, 6) is 1.15. The molecule has 0 amide bonds. The highest BCUT2D eigenvalue weighted by molar-refractivity contribution is 6.18. The summed E-state index contributed by atoms with van der Waals surface area (Å²) in [6.45, 7) is 1.45. The van der Waals surface area contributed by atoms with Crippen molar-refractivity contribution in [3.63, 3.8) is 0 Å². The van der Waals surface area contributed by atoms with E-state index in [1.807, 2.05) is 0 Å². The molecule has 0 radical (unpaired) electrons. The molecule has 0 heterocycles. The molecule has 0 aromatic carbocycles. The van der Waals surface area contributed by atoms with Crippen LogP contribution in [0, 0.1) is 0 Å². The number of nitrogens with zero attached hydrogens (tertiary/aromatic N) is 1. The Kier molecular flexibility index (Phi) is 6.99. The zero-order valence-corrected chi connectivity index (χ0v) is 6.95. The molecule has 0 saturated heterocycles. The van der Waals surface area contributed by atoms with Gasteiger partial charge in [0.1, 0.15) is 0 Å². The zero-order valence-electron chi connectivity index (χ0n) is 5.44. The SMILES string of the molecule is CON(CCCl)CCCl. The maximum atomic E-state index is 5.45. The molecule has 0 rings (SSSR count). The van der Waals surface area contributed by atoms with Gasteiger partial charge in [-0.1, -0.05) is 0 Å². The summed E-state index contributed by atoms with van der Waals surface area (Å²) in [5.41, 5.74) is 0. The first-order valence-electron chi connectivity index (χ1n) is 2.76. The minimum atomic E-state index is 0.574. The molecule has 0 aliphatic heterocycles. The quantitative estimate of drug-likeness (QED) is 0.458. The Bertz CT molecular complexity index is 56.9. The highest BCUT2D eigenvalue weighted by Crippen LogP contribution is 1.90. The highest BCUT2D eigenvalue weighted by Gasteiger charge is 1.98. The van der Waals surface area contributed by atoms with Gasteiger partial charge in [0.25, 0.3) is 0 Å². The Hall–Kier alpha value is 0.500. The molecule has 0 fully saturated rings. The molecule has 0 N–H and O–H groups in total. The third-order valence-electron chi connectivity index (χ3n) is 0.926. The first kappa shape index (κ1) is 9.50. The van der Waals surface area contributed by atoms with Gasteiger partial charge in [-0.05, 0) is 0 Å². The third-order valence-corrected chi connectivity index (χ3v) is 1.26. The first-order valence-corrected chi connectivity index (χ1v) is 3.83. The van der Waals surface area contributed by atoms with Crippen LogP contribution in [0.3, 0.4) is 0 Å². The monoisotopic (exact) mass is 171 g/mol. The van der Waals surface area contributed by atoms with Gasteiger partial charge >= 0.3 is 0 Å². The van der Waals surface area contributed by atoms with E-state index in [4.69, 9.17) is 28.0 Å². The summed E-state index contributed by atoms with van der Waals surface area (Å²) >= 11 is 10.9. The summed E-state index contributed by atoms with van der Waals surface area (Å²) in [5, 5.41) is 1.72. The number of rotatable bonds is 5. The zero-order chi connectivity index (χ0) is 7.11. The van der Waals surface area contributed by atoms with E-state index in [1.54, 1.807) is 12.2 Å². The lowest BCUT2D eigenvalue weighted by Gasteiger charge is -2.15. The van der Waals surface area contributed by atoms with Crippen molar-refractivity contribution in [3.8, 4) is 0 Å². The number of hydroxylamine groups is 2. The molecule has 9 heavy (non-hydrogen) atoms. The lowest BCUT2D eigenvalue weighted by Crippen LogP contribution is -2.26. The van der Waals surface area contributed by atoms with E-state index in [0.29, 0.717) is 11.8 Å². The van der Waals surface area contributed by atoms with Crippen LogP contribution in [0.2, 0.25) is 0 Å². The molecule has 0 aromatic heterocycles. The Morgan fingerprint density at radius 3 is 1.89 bits per heavy atom. The van der Waals surface area contributed by atoms with Gasteiger partial charge in [0.2, 0.25) is 0 Å². The Morgan fingerprint density at radius 2 is 1.67 bits per heavy atom. The van der Waals surface area contributed by atoms with E-state index in [0.717, 1.165) is 13.1 Å². The van der Waals surface area contributed by atoms with Crippen LogP contribution < -0.4 is 0 Å². The number of halogens is 2. The average Bonchev–Trinajstić information content (AvgIpc) is 1.88. The Labute approximate surface area is 65.6 Å². The second kappa shape index (κ2) is 6.62. The van der Waals surface area contributed by atoms with Crippen molar-refractivity contribution in [2.45, 2.75) is 0 Å². The van der Waals surface area contributed by atoms with Crippen molar-refractivity contribution in [1.29, 1.82) is 0 Å². The van der Waals surface area contributed by atoms with Crippen LogP contribution in [-0.4, -0.2) is 37.0 Å². The molecule has 4 heteroatoms. The molecule has 0 aliphatic carbocycles. The smallest absolute Gasteiger partial charge is 0.0575 e. The molecule has 0 aliphatic rings. The van der Waals surface area contributed by atoms with Crippen molar-refractivity contribution in [2.24, 2.45) is 0 Å². The van der Waals surface area contributed by atoms with Gasteiger partial charge in [-0.25, -0.2) is 0 Å². The fourth-order valence-corrected chi connectivity index (χ4v) is 0.860. The molecule has 0 saturated carbocycles. The molecular weight excluding hydrogens is 161 g/mol. The molecule has 0 atom stereocenters. The second-order valence-corrected chi connectivity index (χ2v) is 2.25. The number of hydrogen-bond donors (Lipinski definition) is 0. The Morgan fingerprint density at radius 1 is 1.22 bits per heavy atom. The fourth-order valence-electron chi connectivity index (χ4n) is 0.483. The van der Waals surface area contributed by atoms with E-state index in [-0.39, 0.29) is 0 Å². The van der Waals surface area contributed by atoms with Crippen molar-refractivity contribution in [3.05, 3.63) is 0 Å². The van der Waals surface area contributed by atoms with Gasteiger partial charge in [0.05, 0.1) is 7.11 Å². The average molecular weight is 172 g/mol. The summed E-state index contributed by atoms with van der Waals surface area (Å²) in [7, 11) is 1.61. The molecule has 0 bridgehead atoms. The number of alkyl halides is 2. The van der Waals surface area contributed by atoms with Crippen molar-refractivity contribution < 1.29 is 4.84 Å². The van der Waals surface area contributed by atoms with Gasteiger partial charge < -0.3 is 4.84 Å². The standard InChI is InChI=1S/C5H11Cl2NO/c1-9-8(4-2-6)5-3-7/h2-5H2,1H3. The van der Waals surface area contributed by atoms with Gasteiger partial charge in [-0.15, -0.1) is 23.2 Å². The topological polar surface area (TPSA) is 12.5 Å². The van der Waals surface area contributed by atoms with Crippen LogP contribution in [-0.2, 0) is 4.84 Å². The van der Waals surface area contributed by atoms with Gasteiger partial charge in [0.15, 0.2) is 0 Å². The van der Waals surface area contributed by atoms with Crippen molar-refractivity contribution >= 4 is 23.2 Å². The molecular formula is C5H11Cl2NO. The third kappa shape index (κ3) is 4.97.